The summed E-state index contributed by atoms with van der Waals surface area (Å²) in [5.74, 6) is -0.564. The van der Waals surface area contributed by atoms with E-state index in [-0.39, 0.29) is 5.69 Å². The zero-order valence-corrected chi connectivity index (χ0v) is 26.0. The van der Waals surface area contributed by atoms with Crippen molar-refractivity contribution in [1.82, 2.24) is 14.3 Å². The maximum atomic E-state index is 14.2. The first-order valence-electron chi connectivity index (χ1n) is 15.9. The second kappa shape index (κ2) is 12.7. The maximum Gasteiger partial charge on any atom is 0.330 e. The Balaban J connectivity index is 1.42. The first-order valence-corrected chi connectivity index (χ1v) is 15.9. The largest absolute Gasteiger partial charge is 0.363 e. The van der Waals surface area contributed by atoms with Gasteiger partial charge >= 0.3 is 11.5 Å². The zero-order valence-electron chi connectivity index (χ0n) is 26.0. The highest BCUT2D eigenvalue weighted by Gasteiger charge is 2.23. The van der Waals surface area contributed by atoms with Gasteiger partial charge in [-0.2, -0.15) is 0 Å². The van der Waals surface area contributed by atoms with Crippen molar-refractivity contribution in [2.45, 2.75) is 52.2 Å². The van der Waals surface area contributed by atoms with Crippen molar-refractivity contribution in [2.24, 2.45) is 5.73 Å². The van der Waals surface area contributed by atoms with Crippen molar-refractivity contribution < 1.29 is 9.63 Å². The Labute approximate surface area is 267 Å². The number of aryl methyl sites for hydroxylation is 3. The average Bonchev–Trinajstić information content (AvgIpc) is 3.68. The number of nitrogens with zero attached hydrogens (tertiary/aromatic N) is 4. The first-order chi connectivity index (χ1) is 22.5. The van der Waals surface area contributed by atoms with Crippen LogP contribution in [0.25, 0.3) is 33.2 Å². The molecule has 1 aliphatic rings. The molecule has 0 saturated heterocycles. The van der Waals surface area contributed by atoms with Crippen LogP contribution >= 0.6 is 0 Å². The molecule has 4 aromatic carbocycles. The summed E-state index contributed by atoms with van der Waals surface area (Å²) in [7, 11) is 0. The van der Waals surface area contributed by atoms with E-state index in [1.54, 1.807) is 0 Å². The normalized spacial score (nSPS) is 12.5. The average molecular weight is 612 g/mol. The molecule has 0 bridgehead atoms. The molecule has 0 spiro atoms. The second-order valence-electron chi connectivity index (χ2n) is 12.0. The number of hydrogen-bond acceptors (Lipinski definition) is 6. The standard InChI is InChI=1S/C38H37N5O3/c1-26(44)46-43-36-21-30-15-8-14-29(30)20-34(36)40-37(38(43)45)33-25-41(19-9-18-39)35-17-16-31(22-32(33)35)42(23-27-10-4-2-5-11-27)24-28-12-6-3-7-13-28/h2-7,10-13,16-17,20-22,25H,8-9,14-15,18-19,23-24,39H2,1H3. The van der Waals surface area contributed by atoms with Crippen LogP contribution in [0, 0.1) is 0 Å². The van der Waals surface area contributed by atoms with Gasteiger partial charge in [-0.25, -0.2) is 9.78 Å². The number of hydrogen-bond donors (Lipinski definition) is 1. The van der Waals surface area contributed by atoms with E-state index >= 15 is 0 Å². The lowest BCUT2D eigenvalue weighted by molar-refractivity contribution is -0.141. The minimum absolute atomic E-state index is 0.248. The summed E-state index contributed by atoms with van der Waals surface area (Å²) in [6, 6.07) is 31.3. The van der Waals surface area contributed by atoms with Crippen molar-refractivity contribution in [2.75, 3.05) is 11.4 Å². The van der Waals surface area contributed by atoms with Crippen LogP contribution in [0.4, 0.5) is 5.69 Å². The highest BCUT2D eigenvalue weighted by atomic mass is 16.7. The molecule has 232 valence electrons. The molecular formula is C38H37N5O3. The summed E-state index contributed by atoms with van der Waals surface area (Å²) in [6.07, 6.45) is 5.73. The predicted octanol–water partition coefficient (Wildman–Crippen LogP) is 6.04. The quantitative estimate of drug-likeness (QED) is 0.203. The van der Waals surface area contributed by atoms with Crippen LogP contribution in [0.15, 0.2) is 102 Å². The summed E-state index contributed by atoms with van der Waals surface area (Å²) in [5, 5.41) is 0.903. The van der Waals surface area contributed by atoms with Gasteiger partial charge in [-0.1, -0.05) is 60.7 Å². The Bertz CT molecular complexity index is 2060. The van der Waals surface area contributed by atoms with E-state index in [1.165, 1.54) is 29.2 Å². The highest BCUT2D eigenvalue weighted by molar-refractivity contribution is 5.98. The van der Waals surface area contributed by atoms with E-state index < -0.39 is 11.5 Å². The number of nitrogens with two attached hydrogens (primary N) is 1. The number of aromatic nitrogens is 3. The van der Waals surface area contributed by atoms with E-state index in [1.807, 2.05) is 30.5 Å². The van der Waals surface area contributed by atoms with Gasteiger partial charge in [0.2, 0.25) is 0 Å². The van der Waals surface area contributed by atoms with E-state index in [0.717, 1.165) is 47.0 Å². The van der Waals surface area contributed by atoms with Crippen LogP contribution in [-0.2, 0) is 37.3 Å². The summed E-state index contributed by atoms with van der Waals surface area (Å²) >= 11 is 0. The summed E-state index contributed by atoms with van der Waals surface area (Å²) in [6.45, 7) is 3.98. The smallest absolute Gasteiger partial charge is 0.330 e. The fourth-order valence-electron chi connectivity index (χ4n) is 6.58. The van der Waals surface area contributed by atoms with Crippen molar-refractivity contribution in [3.8, 4) is 11.3 Å². The molecule has 8 heteroatoms. The lowest BCUT2D eigenvalue weighted by Gasteiger charge is -2.26. The van der Waals surface area contributed by atoms with Gasteiger partial charge in [0.15, 0.2) is 0 Å². The maximum absolute atomic E-state index is 14.2. The van der Waals surface area contributed by atoms with Crippen LogP contribution < -0.4 is 21.0 Å². The van der Waals surface area contributed by atoms with Crippen LogP contribution in [0.1, 0.15) is 42.0 Å². The van der Waals surface area contributed by atoms with E-state index in [2.05, 4.69) is 76.2 Å². The van der Waals surface area contributed by atoms with Crippen molar-refractivity contribution in [3.63, 3.8) is 0 Å². The van der Waals surface area contributed by atoms with Crippen LogP contribution in [0.5, 0.6) is 0 Å². The van der Waals surface area contributed by atoms with Crippen molar-refractivity contribution >= 4 is 33.6 Å². The molecule has 0 atom stereocenters. The lowest BCUT2D eigenvalue weighted by atomic mass is 10.1. The molecule has 6 aromatic rings. The first kappa shape index (κ1) is 29.5. The Morgan fingerprint density at radius 2 is 1.57 bits per heavy atom. The molecule has 46 heavy (non-hydrogen) atoms. The Morgan fingerprint density at radius 1 is 0.891 bits per heavy atom. The molecule has 0 radical (unpaired) electrons. The topological polar surface area (TPSA) is 95.4 Å². The van der Waals surface area contributed by atoms with Gasteiger partial charge in [-0.05, 0) is 84.8 Å². The molecule has 1 aliphatic carbocycles. The SMILES string of the molecule is CC(=O)On1c(=O)c(-c2cn(CCCN)c3ccc(N(Cc4ccccc4)Cc4ccccc4)cc23)nc2cc3c(cc21)CCC3. The molecule has 2 heterocycles. The Morgan fingerprint density at radius 3 is 2.22 bits per heavy atom. The van der Waals surface area contributed by atoms with Crippen LogP contribution in [-0.4, -0.2) is 26.8 Å². The van der Waals surface area contributed by atoms with Crippen LogP contribution in [0.3, 0.4) is 0 Å². The number of carbonyl (C=O) groups is 1. The fraction of sp³-hybridized carbons (Fsp3) is 0.237. The number of fused-ring (bicyclic) bond motifs is 3. The van der Waals surface area contributed by atoms with Gasteiger partial charge in [-0.3, -0.25) is 4.79 Å². The summed E-state index contributed by atoms with van der Waals surface area (Å²) < 4.78 is 3.27. The lowest BCUT2D eigenvalue weighted by Crippen LogP contribution is -2.31. The second-order valence-corrected chi connectivity index (χ2v) is 12.0. The summed E-state index contributed by atoms with van der Waals surface area (Å²) in [4.78, 5) is 39.3. The molecule has 8 nitrogen and oxygen atoms in total. The molecule has 0 unspecified atom stereocenters. The van der Waals surface area contributed by atoms with E-state index in [9.17, 15) is 9.59 Å². The van der Waals surface area contributed by atoms with Gasteiger partial charge in [0.1, 0.15) is 11.2 Å². The molecule has 2 aromatic heterocycles. The third-order valence-electron chi connectivity index (χ3n) is 8.77. The Kier molecular flexibility index (Phi) is 8.11. The van der Waals surface area contributed by atoms with Gasteiger partial charge in [-0.15, -0.1) is 4.73 Å². The molecule has 7 rings (SSSR count). The third kappa shape index (κ3) is 5.79. The van der Waals surface area contributed by atoms with Gasteiger partial charge in [0, 0.05) is 54.9 Å². The number of benzene rings is 4. The molecule has 2 N–H and O–H groups in total. The monoisotopic (exact) mass is 611 g/mol. The molecular weight excluding hydrogens is 574 g/mol. The molecule has 0 fully saturated rings. The minimum Gasteiger partial charge on any atom is -0.363 e. The number of anilines is 1. The molecule has 0 saturated carbocycles. The van der Waals surface area contributed by atoms with Gasteiger partial charge < -0.3 is 20.0 Å². The zero-order chi connectivity index (χ0) is 31.6. The minimum atomic E-state index is -0.564. The van der Waals surface area contributed by atoms with Crippen LogP contribution in [0.2, 0.25) is 0 Å². The molecule has 0 aliphatic heterocycles. The fourth-order valence-corrected chi connectivity index (χ4v) is 6.58. The van der Waals surface area contributed by atoms with Crippen molar-refractivity contribution in [3.05, 3.63) is 130 Å². The van der Waals surface area contributed by atoms with Crippen molar-refractivity contribution in [1.29, 1.82) is 0 Å². The van der Waals surface area contributed by atoms with E-state index in [0.29, 0.717) is 42.8 Å². The summed E-state index contributed by atoms with van der Waals surface area (Å²) in [5.41, 5.74) is 14.3. The van der Waals surface area contributed by atoms with Gasteiger partial charge in [0.05, 0.1) is 5.52 Å². The van der Waals surface area contributed by atoms with Gasteiger partial charge in [0.25, 0.3) is 0 Å². The predicted molar refractivity (Wildman–Crippen MR) is 183 cm³/mol. The third-order valence-corrected chi connectivity index (χ3v) is 8.77. The highest BCUT2D eigenvalue weighted by Crippen LogP contribution is 2.34. The molecule has 0 amide bonds. The Hall–Kier alpha value is -5.21. The van der Waals surface area contributed by atoms with E-state index in [4.69, 9.17) is 15.6 Å². The number of carbonyl (C=O) groups excluding carboxylic acids is 1. The number of rotatable bonds is 10.